The van der Waals surface area contributed by atoms with Gasteiger partial charge in [0, 0.05) is 11.3 Å². The number of amides is 3. The minimum Gasteiger partial charge on any atom is -0.347 e. The molecular weight excluding hydrogens is 222 g/mol. The van der Waals surface area contributed by atoms with Gasteiger partial charge in [-0.15, -0.1) is 0 Å². The standard InChI is InChI=1S/C11H19N3O3/c1-11(2,3)10(17)12-6-8(15)13-14-9(16)7-4-5-7/h7H,4-6H2,1-3H3,(H,12,17)(H,13,15)(H,14,16). The Hall–Kier alpha value is -1.59. The summed E-state index contributed by atoms with van der Waals surface area (Å²) in [6.07, 6.45) is 1.75. The summed E-state index contributed by atoms with van der Waals surface area (Å²) in [6, 6.07) is 0. The van der Waals surface area contributed by atoms with E-state index in [2.05, 4.69) is 16.2 Å². The molecule has 0 aromatic rings. The molecule has 0 bridgehead atoms. The van der Waals surface area contributed by atoms with Gasteiger partial charge in [0.15, 0.2) is 0 Å². The lowest BCUT2D eigenvalue weighted by atomic mass is 9.96. The van der Waals surface area contributed by atoms with Gasteiger partial charge >= 0.3 is 0 Å². The topological polar surface area (TPSA) is 87.3 Å². The Bertz CT molecular complexity index is 329. The highest BCUT2D eigenvalue weighted by molar-refractivity contribution is 5.89. The van der Waals surface area contributed by atoms with Crippen molar-refractivity contribution in [3.05, 3.63) is 0 Å². The molecule has 1 fully saturated rings. The molecule has 3 amide bonds. The maximum absolute atomic E-state index is 11.4. The zero-order valence-electron chi connectivity index (χ0n) is 10.4. The Morgan fingerprint density at radius 2 is 1.71 bits per heavy atom. The predicted octanol–water partition coefficient (Wildman–Crippen LogP) is -0.294. The van der Waals surface area contributed by atoms with Gasteiger partial charge in [0.2, 0.25) is 11.8 Å². The van der Waals surface area contributed by atoms with E-state index < -0.39 is 11.3 Å². The number of carbonyl (C=O) groups is 3. The van der Waals surface area contributed by atoms with E-state index in [1.165, 1.54) is 0 Å². The van der Waals surface area contributed by atoms with Crippen molar-refractivity contribution in [2.75, 3.05) is 6.54 Å². The van der Waals surface area contributed by atoms with Gasteiger partial charge in [-0.2, -0.15) is 0 Å². The van der Waals surface area contributed by atoms with Crippen LogP contribution in [0.5, 0.6) is 0 Å². The maximum atomic E-state index is 11.4. The van der Waals surface area contributed by atoms with Crippen molar-refractivity contribution in [2.24, 2.45) is 11.3 Å². The van der Waals surface area contributed by atoms with Crippen LogP contribution in [-0.4, -0.2) is 24.3 Å². The van der Waals surface area contributed by atoms with Crippen molar-refractivity contribution in [1.29, 1.82) is 0 Å². The van der Waals surface area contributed by atoms with Gasteiger partial charge in [-0.05, 0) is 12.8 Å². The number of hydrazine groups is 1. The van der Waals surface area contributed by atoms with Gasteiger partial charge in [-0.3, -0.25) is 25.2 Å². The fourth-order valence-corrected chi connectivity index (χ4v) is 1.05. The van der Waals surface area contributed by atoms with Gasteiger partial charge in [0.05, 0.1) is 6.54 Å². The molecule has 3 N–H and O–H groups in total. The smallest absolute Gasteiger partial charge is 0.257 e. The second-order valence-electron chi connectivity index (χ2n) is 5.24. The van der Waals surface area contributed by atoms with Gasteiger partial charge in [-0.1, -0.05) is 20.8 Å². The lowest BCUT2D eigenvalue weighted by Crippen LogP contribution is -2.48. The van der Waals surface area contributed by atoms with Crippen LogP contribution in [0.2, 0.25) is 0 Å². The Labute approximate surface area is 100 Å². The van der Waals surface area contributed by atoms with Crippen LogP contribution in [0.15, 0.2) is 0 Å². The van der Waals surface area contributed by atoms with Crippen molar-refractivity contribution >= 4 is 17.7 Å². The number of carbonyl (C=O) groups excluding carboxylic acids is 3. The third kappa shape index (κ3) is 4.84. The van der Waals surface area contributed by atoms with E-state index in [4.69, 9.17) is 0 Å². The second kappa shape index (κ2) is 5.16. The normalized spacial score (nSPS) is 15.0. The minimum absolute atomic E-state index is 0.0412. The van der Waals surface area contributed by atoms with Crippen molar-refractivity contribution < 1.29 is 14.4 Å². The number of rotatable bonds is 3. The zero-order valence-corrected chi connectivity index (χ0v) is 10.4. The average Bonchev–Trinajstić information content (AvgIpc) is 3.04. The first-order valence-electron chi connectivity index (χ1n) is 5.67. The first-order chi connectivity index (χ1) is 7.80. The number of hydrogen-bond acceptors (Lipinski definition) is 3. The highest BCUT2D eigenvalue weighted by Crippen LogP contribution is 2.28. The summed E-state index contributed by atoms with van der Waals surface area (Å²) in [7, 11) is 0. The van der Waals surface area contributed by atoms with Crippen LogP contribution >= 0.6 is 0 Å². The van der Waals surface area contributed by atoms with Crippen molar-refractivity contribution in [3.63, 3.8) is 0 Å². The molecule has 0 aromatic carbocycles. The third-order valence-electron chi connectivity index (χ3n) is 2.36. The molecule has 1 aliphatic rings. The Balaban J connectivity index is 2.16. The second-order valence-corrected chi connectivity index (χ2v) is 5.24. The summed E-state index contributed by atoms with van der Waals surface area (Å²) in [5.74, 6) is -0.766. The lowest BCUT2D eigenvalue weighted by molar-refractivity contribution is -0.132. The molecule has 0 saturated heterocycles. The molecule has 1 aliphatic carbocycles. The lowest BCUT2D eigenvalue weighted by Gasteiger charge is -2.17. The SMILES string of the molecule is CC(C)(C)C(=O)NCC(=O)NNC(=O)C1CC1. The molecule has 0 unspecified atom stereocenters. The molecule has 0 atom stereocenters. The van der Waals surface area contributed by atoms with Crippen LogP contribution in [0.25, 0.3) is 0 Å². The number of hydrogen-bond donors (Lipinski definition) is 3. The summed E-state index contributed by atoms with van der Waals surface area (Å²) in [5.41, 5.74) is 4.04. The fourth-order valence-electron chi connectivity index (χ4n) is 1.05. The summed E-state index contributed by atoms with van der Waals surface area (Å²) in [4.78, 5) is 33.9. The van der Waals surface area contributed by atoms with Crippen LogP contribution in [0.4, 0.5) is 0 Å². The fraction of sp³-hybridized carbons (Fsp3) is 0.727. The van der Waals surface area contributed by atoms with E-state index in [1.807, 2.05) is 0 Å². The highest BCUT2D eigenvalue weighted by Gasteiger charge is 2.29. The van der Waals surface area contributed by atoms with E-state index in [-0.39, 0.29) is 24.3 Å². The van der Waals surface area contributed by atoms with Crippen LogP contribution in [0, 0.1) is 11.3 Å². The summed E-state index contributed by atoms with van der Waals surface area (Å²) < 4.78 is 0. The van der Waals surface area contributed by atoms with Crippen LogP contribution in [0.1, 0.15) is 33.6 Å². The van der Waals surface area contributed by atoms with E-state index in [9.17, 15) is 14.4 Å². The van der Waals surface area contributed by atoms with Crippen molar-refractivity contribution in [1.82, 2.24) is 16.2 Å². The molecule has 96 valence electrons. The average molecular weight is 241 g/mol. The van der Waals surface area contributed by atoms with E-state index in [0.29, 0.717) is 0 Å². The monoisotopic (exact) mass is 241 g/mol. The minimum atomic E-state index is -0.530. The van der Waals surface area contributed by atoms with Crippen molar-refractivity contribution in [3.8, 4) is 0 Å². The Morgan fingerprint density at radius 1 is 1.12 bits per heavy atom. The van der Waals surface area contributed by atoms with E-state index in [1.54, 1.807) is 20.8 Å². The van der Waals surface area contributed by atoms with E-state index >= 15 is 0 Å². The van der Waals surface area contributed by atoms with Gasteiger partial charge in [0.1, 0.15) is 0 Å². The molecule has 0 aromatic heterocycles. The molecule has 6 nitrogen and oxygen atoms in total. The first kappa shape index (κ1) is 13.5. The largest absolute Gasteiger partial charge is 0.347 e. The third-order valence-corrected chi connectivity index (χ3v) is 2.36. The van der Waals surface area contributed by atoms with E-state index in [0.717, 1.165) is 12.8 Å². The van der Waals surface area contributed by atoms with Crippen LogP contribution < -0.4 is 16.2 Å². The van der Waals surface area contributed by atoms with Crippen LogP contribution in [-0.2, 0) is 14.4 Å². The molecule has 6 heteroatoms. The summed E-state index contributed by atoms with van der Waals surface area (Å²) >= 11 is 0. The summed E-state index contributed by atoms with van der Waals surface area (Å²) in [6.45, 7) is 5.14. The summed E-state index contributed by atoms with van der Waals surface area (Å²) in [5, 5.41) is 2.49. The first-order valence-corrected chi connectivity index (χ1v) is 5.67. The van der Waals surface area contributed by atoms with Crippen molar-refractivity contribution in [2.45, 2.75) is 33.6 Å². The van der Waals surface area contributed by atoms with Gasteiger partial charge in [-0.25, -0.2) is 0 Å². The molecule has 0 spiro atoms. The zero-order chi connectivity index (χ0) is 13.1. The van der Waals surface area contributed by atoms with Crippen LogP contribution in [0.3, 0.4) is 0 Å². The molecule has 1 rings (SSSR count). The van der Waals surface area contributed by atoms with Gasteiger partial charge in [0.25, 0.3) is 5.91 Å². The van der Waals surface area contributed by atoms with Gasteiger partial charge < -0.3 is 5.32 Å². The molecule has 0 aliphatic heterocycles. The molecular formula is C11H19N3O3. The predicted molar refractivity (Wildman–Crippen MR) is 61.5 cm³/mol. The highest BCUT2D eigenvalue weighted by atomic mass is 16.2. The maximum Gasteiger partial charge on any atom is 0.257 e. The molecule has 1 saturated carbocycles. The molecule has 0 radical (unpaired) electrons. The molecule has 0 heterocycles. The Morgan fingerprint density at radius 3 is 2.18 bits per heavy atom. The Kier molecular flexibility index (Phi) is 4.09. The molecule has 17 heavy (non-hydrogen) atoms. The number of nitrogens with one attached hydrogen (secondary N) is 3. The quantitative estimate of drug-likeness (QED) is 0.593.